The monoisotopic (exact) mass is 268 g/mol. The van der Waals surface area contributed by atoms with Gasteiger partial charge >= 0.3 is 12.1 Å². The van der Waals surface area contributed by atoms with Gasteiger partial charge in [-0.05, 0) is 34.6 Å². The van der Waals surface area contributed by atoms with Crippen molar-refractivity contribution in [2.45, 2.75) is 46.4 Å². The van der Waals surface area contributed by atoms with Gasteiger partial charge in [0.1, 0.15) is 0 Å². The van der Waals surface area contributed by atoms with Crippen LogP contribution < -0.4 is 0 Å². The molecule has 0 aromatic heterocycles. The van der Waals surface area contributed by atoms with Crippen molar-refractivity contribution in [2.24, 2.45) is 0 Å². The fraction of sp³-hybridized carbons (Fsp3) is 0.846. The quantitative estimate of drug-likeness (QED) is 0.777. The van der Waals surface area contributed by atoms with Crippen LogP contribution in [0.25, 0.3) is 0 Å². The molecule has 2 rings (SSSR count). The molecule has 19 heavy (non-hydrogen) atoms. The van der Waals surface area contributed by atoms with Gasteiger partial charge in [0.2, 0.25) is 0 Å². The minimum absolute atomic E-state index is 0.0295. The van der Waals surface area contributed by atoms with E-state index in [0.29, 0.717) is 26.2 Å². The number of carbonyl (C=O) groups excluding carboxylic acids is 2. The van der Waals surface area contributed by atoms with Gasteiger partial charge in [0, 0.05) is 26.2 Å². The van der Waals surface area contributed by atoms with E-state index in [1.54, 1.807) is 9.80 Å². The molecule has 0 aromatic rings. The fourth-order valence-corrected chi connectivity index (χ4v) is 3.62. The summed E-state index contributed by atoms with van der Waals surface area (Å²) in [6, 6.07) is 0.0591. The Labute approximate surface area is 114 Å². The number of likely N-dealkylation sites (N-methyl/N-ethyl adjacent to an activating group) is 4. The number of hydrogen-bond donors (Lipinski definition) is 0. The van der Waals surface area contributed by atoms with Crippen molar-refractivity contribution in [1.82, 2.24) is 19.6 Å². The van der Waals surface area contributed by atoms with Crippen LogP contribution in [-0.4, -0.2) is 69.7 Å². The second-order valence-electron chi connectivity index (χ2n) is 5.09. The van der Waals surface area contributed by atoms with E-state index in [-0.39, 0.29) is 18.2 Å². The SMILES string of the molecule is CCN1C(=O)N(CC)C2(C)C1N(CC)C(=O)N2CC. The standard InChI is InChI=1S/C13H24N4O2/c1-6-14-10-13(5,16(8-3)11(14)18)17(9-4)12(19)15(10)7-2/h10H,6-9H2,1-5H3. The highest BCUT2D eigenvalue weighted by Crippen LogP contribution is 2.42. The third-order valence-electron chi connectivity index (χ3n) is 4.44. The van der Waals surface area contributed by atoms with Crippen molar-refractivity contribution in [2.75, 3.05) is 26.2 Å². The molecule has 0 radical (unpaired) electrons. The zero-order valence-electron chi connectivity index (χ0n) is 12.5. The van der Waals surface area contributed by atoms with Gasteiger partial charge in [0.25, 0.3) is 0 Å². The number of rotatable bonds is 4. The number of fused-ring (bicyclic) bond motifs is 1. The average Bonchev–Trinajstić information content (AvgIpc) is 2.72. The Hall–Kier alpha value is -1.46. The Balaban J connectivity index is 2.54. The molecule has 2 heterocycles. The third kappa shape index (κ3) is 1.48. The lowest BCUT2D eigenvalue weighted by Crippen LogP contribution is -2.57. The Morgan fingerprint density at radius 3 is 1.47 bits per heavy atom. The van der Waals surface area contributed by atoms with E-state index in [4.69, 9.17) is 0 Å². The van der Waals surface area contributed by atoms with Gasteiger partial charge in [0.05, 0.1) is 0 Å². The van der Waals surface area contributed by atoms with E-state index in [0.717, 1.165) is 0 Å². The molecule has 0 saturated carbocycles. The summed E-state index contributed by atoms with van der Waals surface area (Å²) < 4.78 is 0. The summed E-state index contributed by atoms with van der Waals surface area (Å²) in [6.07, 6.45) is -0.178. The first-order chi connectivity index (χ1) is 8.98. The lowest BCUT2D eigenvalue weighted by atomic mass is 10.1. The number of urea groups is 2. The maximum absolute atomic E-state index is 12.5. The Bertz CT molecular complexity index is 366. The molecule has 0 N–H and O–H groups in total. The molecule has 2 fully saturated rings. The first-order valence-electron chi connectivity index (χ1n) is 7.15. The topological polar surface area (TPSA) is 47.1 Å². The van der Waals surface area contributed by atoms with Crippen LogP contribution in [0.1, 0.15) is 34.6 Å². The second-order valence-corrected chi connectivity index (χ2v) is 5.09. The largest absolute Gasteiger partial charge is 0.323 e. The van der Waals surface area contributed by atoms with Crippen LogP contribution >= 0.6 is 0 Å². The molecule has 0 aromatic carbocycles. The van der Waals surface area contributed by atoms with Gasteiger partial charge in [0.15, 0.2) is 11.8 Å². The normalized spacial score (nSPS) is 30.7. The van der Waals surface area contributed by atoms with Gasteiger partial charge in [-0.15, -0.1) is 0 Å². The number of amides is 4. The molecular formula is C13H24N4O2. The second kappa shape index (κ2) is 4.58. The highest BCUT2D eigenvalue weighted by molar-refractivity contribution is 5.86. The van der Waals surface area contributed by atoms with Crippen molar-refractivity contribution in [3.8, 4) is 0 Å². The van der Waals surface area contributed by atoms with Crippen molar-refractivity contribution in [3.05, 3.63) is 0 Å². The van der Waals surface area contributed by atoms with Crippen LogP contribution in [-0.2, 0) is 0 Å². The summed E-state index contributed by atoms with van der Waals surface area (Å²) in [4.78, 5) is 32.3. The van der Waals surface area contributed by atoms with Gasteiger partial charge in [-0.1, -0.05) is 0 Å². The molecule has 0 atom stereocenters. The van der Waals surface area contributed by atoms with Crippen molar-refractivity contribution >= 4 is 12.1 Å². The van der Waals surface area contributed by atoms with Crippen LogP contribution in [0.4, 0.5) is 9.59 Å². The molecular weight excluding hydrogens is 244 g/mol. The van der Waals surface area contributed by atoms with E-state index < -0.39 is 5.66 Å². The van der Waals surface area contributed by atoms with Crippen LogP contribution in [0.3, 0.4) is 0 Å². The molecule has 2 aliphatic rings. The molecule has 2 aliphatic heterocycles. The maximum Gasteiger partial charge on any atom is 0.323 e. The summed E-state index contributed by atoms with van der Waals surface area (Å²) >= 11 is 0. The highest BCUT2D eigenvalue weighted by Gasteiger charge is 2.65. The van der Waals surface area contributed by atoms with Crippen LogP contribution in [0.15, 0.2) is 0 Å². The van der Waals surface area contributed by atoms with Gasteiger partial charge in [-0.25, -0.2) is 9.59 Å². The molecule has 4 amide bonds. The first kappa shape index (κ1) is 14.0. The predicted molar refractivity (Wildman–Crippen MR) is 72.5 cm³/mol. The van der Waals surface area contributed by atoms with Gasteiger partial charge in [-0.3, -0.25) is 19.6 Å². The Morgan fingerprint density at radius 2 is 1.21 bits per heavy atom. The summed E-state index contributed by atoms with van der Waals surface area (Å²) in [5.74, 6) is 0. The molecule has 0 aliphatic carbocycles. The zero-order chi connectivity index (χ0) is 14.4. The Kier molecular flexibility index (Phi) is 3.36. The summed E-state index contributed by atoms with van der Waals surface area (Å²) in [6.45, 7) is 12.3. The lowest BCUT2D eigenvalue weighted by Gasteiger charge is -2.38. The van der Waals surface area contributed by atoms with Gasteiger partial charge < -0.3 is 0 Å². The molecule has 0 unspecified atom stereocenters. The Morgan fingerprint density at radius 1 is 0.842 bits per heavy atom. The van der Waals surface area contributed by atoms with Crippen molar-refractivity contribution in [3.63, 3.8) is 0 Å². The number of carbonyl (C=O) groups is 2. The van der Waals surface area contributed by atoms with E-state index >= 15 is 0 Å². The van der Waals surface area contributed by atoms with Crippen LogP contribution in [0.2, 0.25) is 0 Å². The minimum Gasteiger partial charge on any atom is -0.300 e. The fourth-order valence-electron chi connectivity index (χ4n) is 3.62. The summed E-state index contributed by atoms with van der Waals surface area (Å²) in [5, 5.41) is 0. The van der Waals surface area contributed by atoms with E-state index in [2.05, 4.69) is 0 Å². The number of hydrogen-bond acceptors (Lipinski definition) is 2. The van der Waals surface area contributed by atoms with Crippen LogP contribution in [0, 0.1) is 0 Å². The number of nitrogens with zero attached hydrogens (tertiary/aromatic N) is 4. The zero-order valence-corrected chi connectivity index (χ0v) is 12.5. The van der Waals surface area contributed by atoms with Crippen molar-refractivity contribution in [1.29, 1.82) is 0 Å². The van der Waals surface area contributed by atoms with Crippen LogP contribution in [0.5, 0.6) is 0 Å². The maximum atomic E-state index is 12.5. The summed E-state index contributed by atoms with van der Waals surface area (Å²) in [7, 11) is 0. The van der Waals surface area contributed by atoms with Crippen molar-refractivity contribution < 1.29 is 9.59 Å². The third-order valence-corrected chi connectivity index (χ3v) is 4.44. The molecule has 108 valence electrons. The summed E-state index contributed by atoms with van der Waals surface area (Å²) in [5.41, 5.74) is -0.552. The van der Waals surface area contributed by atoms with Gasteiger partial charge in [-0.2, -0.15) is 0 Å². The smallest absolute Gasteiger partial charge is 0.300 e. The van der Waals surface area contributed by atoms with E-state index in [1.165, 1.54) is 0 Å². The first-order valence-corrected chi connectivity index (χ1v) is 7.15. The lowest BCUT2D eigenvalue weighted by molar-refractivity contribution is 0.0347. The van der Waals surface area contributed by atoms with E-state index in [9.17, 15) is 9.59 Å². The highest BCUT2D eigenvalue weighted by atomic mass is 16.2. The molecule has 0 bridgehead atoms. The minimum atomic E-state index is -0.552. The predicted octanol–water partition coefficient (Wildman–Crippen LogP) is 1.58. The average molecular weight is 268 g/mol. The molecule has 0 spiro atoms. The molecule has 6 heteroatoms. The molecule has 2 saturated heterocycles. The van der Waals surface area contributed by atoms with E-state index in [1.807, 2.05) is 44.4 Å². The molecule has 6 nitrogen and oxygen atoms in total.